The van der Waals surface area contributed by atoms with Crippen LogP contribution in [0.4, 0.5) is 4.79 Å². The third-order valence-corrected chi connectivity index (χ3v) is 7.99. The van der Waals surface area contributed by atoms with Gasteiger partial charge in [0.1, 0.15) is 6.61 Å². The second kappa shape index (κ2) is 10.3. The summed E-state index contributed by atoms with van der Waals surface area (Å²) in [7, 11) is 0. The number of carbonyl (C=O) groups is 3. The smallest absolute Gasteiger partial charge is 0.407 e. The molecule has 2 N–H and O–H groups in total. The topological polar surface area (TPSA) is 105 Å². The maximum atomic E-state index is 13.2. The normalized spacial score (nSPS) is 23.4. The van der Waals surface area contributed by atoms with Gasteiger partial charge in [-0.2, -0.15) is 11.8 Å². The van der Waals surface area contributed by atoms with Crippen LogP contribution in [0.2, 0.25) is 0 Å². The zero-order valence-electron chi connectivity index (χ0n) is 19.2. The molecule has 9 heteroatoms. The van der Waals surface area contributed by atoms with E-state index in [-0.39, 0.29) is 30.9 Å². The summed E-state index contributed by atoms with van der Waals surface area (Å²) in [5, 5.41) is 12.0. The molecule has 184 valence electrons. The molecule has 0 aromatic heterocycles. The molecule has 2 aromatic carbocycles. The minimum absolute atomic E-state index is 0.0481. The van der Waals surface area contributed by atoms with Crippen molar-refractivity contribution in [1.29, 1.82) is 0 Å². The van der Waals surface area contributed by atoms with Crippen LogP contribution >= 0.6 is 11.8 Å². The lowest BCUT2D eigenvalue weighted by Crippen LogP contribution is -2.55. The second-order valence-corrected chi connectivity index (χ2v) is 10.2. The highest BCUT2D eigenvalue weighted by Gasteiger charge is 2.41. The molecule has 8 nitrogen and oxygen atoms in total. The molecule has 2 aliphatic heterocycles. The summed E-state index contributed by atoms with van der Waals surface area (Å²) in [6.45, 7) is 1.01. The molecule has 2 saturated heterocycles. The number of carboxylic acids is 1. The first-order chi connectivity index (χ1) is 17.0. The zero-order chi connectivity index (χ0) is 24.4. The molecular weight excluding hydrogens is 468 g/mol. The van der Waals surface area contributed by atoms with E-state index in [2.05, 4.69) is 29.6 Å². The average Bonchev–Trinajstić information content (AvgIpc) is 3.45. The number of ether oxygens (including phenoxy) is 2. The Labute approximate surface area is 208 Å². The fourth-order valence-electron chi connectivity index (χ4n) is 5.25. The van der Waals surface area contributed by atoms with E-state index in [4.69, 9.17) is 9.47 Å². The first kappa shape index (κ1) is 23.7. The lowest BCUT2D eigenvalue weighted by molar-refractivity contribution is -0.146. The molecule has 5 rings (SSSR count). The maximum absolute atomic E-state index is 13.2. The van der Waals surface area contributed by atoms with E-state index in [1.807, 2.05) is 24.3 Å². The van der Waals surface area contributed by atoms with Crippen LogP contribution in [0.1, 0.15) is 29.9 Å². The van der Waals surface area contributed by atoms with Gasteiger partial charge in [0.25, 0.3) is 5.91 Å². The Hall–Kier alpha value is -3.04. The fourth-order valence-corrected chi connectivity index (χ4v) is 6.31. The van der Waals surface area contributed by atoms with Gasteiger partial charge in [0.15, 0.2) is 6.10 Å². The molecule has 3 unspecified atom stereocenters. The summed E-state index contributed by atoms with van der Waals surface area (Å²) in [5.74, 6) is 0.0795. The van der Waals surface area contributed by atoms with Gasteiger partial charge in [-0.1, -0.05) is 48.5 Å². The minimum Gasteiger partial charge on any atom is -0.481 e. The number of hydrogen-bond acceptors (Lipinski definition) is 6. The molecule has 1 aliphatic carbocycles. The van der Waals surface area contributed by atoms with Crippen molar-refractivity contribution < 1.29 is 29.0 Å². The number of nitrogens with one attached hydrogen (secondary N) is 1. The molecule has 3 atom stereocenters. The number of amides is 2. The van der Waals surface area contributed by atoms with E-state index in [0.717, 1.165) is 28.0 Å². The Kier molecular flexibility index (Phi) is 6.97. The third kappa shape index (κ3) is 4.88. The molecular formula is C26H28N2O6S. The SMILES string of the molecule is O=C(O)CC1CSCCN1C(=O)C1OCCC1NC(=O)OCC1c2ccccc2-c2ccccc21. The predicted molar refractivity (Wildman–Crippen MR) is 131 cm³/mol. The lowest BCUT2D eigenvalue weighted by atomic mass is 9.98. The molecule has 2 amide bonds. The van der Waals surface area contributed by atoms with E-state index < -0.39 is 24.2 Å². The van der Waals surface area contributed by atoms with Crippen molar-refractivity contribution in [2.45, 2.75) is 36.9 Å². The van der Waals surface area contributed by atoms with Crippen LogP contribution in [0.5, 0.6) is 0 Å². The summed E-state index contributed by atoms with van der Waals surface area (Å²) in [5.41, 5.74) is 4.57. The van der Waals surface area contributed by atoms with Gasteiger partial charge in [-0.25, -0.2) is 4.79 Å². The van der Waals surface area contributed by atoms with E-state index in [0.29, 0.717) is 25.3 Å². The molecule has 0 spiro atoms. The minimum atomic E-state index is -0.934. The number of carbonyl (C=O) groups excluding carboxylic acids is 2. The number of alkyl carbamates (subject to hydrolysis) is 1. The van der Waals surface area contributed by atoms with Crippen LogP contribution < -0.4 is 5.32 Å². The molecule has 2 heterocycles. The number of hydrogen-bond donors (Lipinski definition) is 2. The summed E-state index contributed by atoms with van der Waals surface area (Å²) < 4.78 is 11.3. The number of rotatable bonds is 6. The highest BCUT2D eigenvalue weighted by atomic mass is 32.2. The van der Waals surface area contributed by atoms with Crippen molar-refractivity contribution in [2.75, 3.05) is 31.3 Å². The number of thioether (sulfide) groups is 1. The molecule has 35 heavy (non-hydrogen) atoms. The van der Waals surface area contributed by atoms with E-state index in [1.165, 1.54) is 0 Å². The van der Waals surface area contributed by atoms with E-state index in [9.17, 15) is 19.5 Å². The standard InChI is InChI=1S/C26H28N2O6S/c29-23(30)13-16-15-35-12-10-28(16)25(31)24-22(9-11-33-24)27-26(32)34-14-21-19-7-3-1-5-17(19)18-6-2-4-8-20(18)21/h1-8,16,21-22,24H,9-15H2,(H,27,32)(H,29,30). The van der Waals surface area contributed by atoms with Gasteiger partial charge in [0, 0.05) is 30.6 Å². The summed E-state index contributed by atoms with van der Waals surface area (Å²) in [6, 6.07) is 15.4. The van der Waals surface area contributed by atoms with Crippen molar-refractivity contribution in [3.8, 4) is 11.1 Å². The Balaban J connectivity index is 1.22. The van der Waals surface area contributed by atoms with Crippen LogP contribution in [0.25, 0.3) is 11.1 Å². The Bertz CT molecular complexity index is 1080. The molecule has 0 bridgehead atoms. The van der Waals surface area contributed by atoms with Crippen LogP contribution in [0.15, 0.2) is 48.5 Å². The lowest BCUT2D eigenvalue weighted by Gasteiger charge is -2.36. The Morgan fingerprint density at radius 3 is 2.46 bits per heavy atom. The molecule has 2 aromatic rings. The zero-order valence-corrected chi connectivity index (χ0v) is 20.0. The van der Waals surface area contributed by atoms with Crippen molar-refractivity contribution in [3.05, 3.63) is 59.7 Å². The van der Waals surface area contributed by atoms with Crippen molar-refractivity contribution in [1.82, 2.24) is 10.2 Å². The second-order valence-electron chi connectivity index (χ2n) is 9.01. The van der Waals surface area contributed by atoms with Crippen molar-refractivity contribution in [3.63, 3.8) is 0 Å². The van der Waals surface area contributed by atoms with Gasteiger partial charge in [-0.3, -0.25) is 9.59 Å². The highest BCUT2D eigenvalue weighted by molar-refractivity contribution is 7.99. The van der Waals surface area contributed by atoms with Crippen LogP contribution in [0, 0.1) is 0 Å². The molecule has 3 aliphatic rings. The number of carboxylic acid groups (broad SMARTS) is 1. The van der Waals surface area contributed by atoms with Gasteiger partial charge >= 0.3 is 12.1 Å². The monoisotopic (exact) mass is 496 g/mol. The van der Waals surface area contributed by atoms with Crippen molar-refractivity contribution >= 4 is 29.7 Å². The Morgan fingerprint density at radius 2 is 1.77 bits per heavy atom. The van der Waals surface area contributed by atoms with Gasteiger partial charge in [-0.15, -0.1) is 0 Å². The largest absolute Gasteiger partial charge is 0.481 e. The number of benzene rings is 2. The first-order valence-corrected chi connectivity index (χ1v) is 13.0. The number of aliphatic carboxylic acids is 1. The van der Waals surface area contributed by atoms with E-state index in [1.54, 1.807) is 16.7 Å². The van der Waals surface area contributed by atoms with Crippen LogP contribution in [-0.4, -0.2) is 77.4 Å². The van der Waals surface area contributed by atoms with Crippen molar-refractivity contribution in [2.24, 2.45) is 0 Å². The molecule has 0 saturated carbocycles. The number of fused-ring (bicyclic) bond motifs is 3. The van der Waals surface area contributed by atoms with Gasteiger partial charge in [0.2, 0.25) is 0 Å². The third-order valence-electron chi connectivity index (χ3n) is 6.90. The quantitative estimate of drug-likeness (QED) is 0.633. The van der Waals surface area contributed by atoms with Gasteiger partial charge in [-0.05, 0) is 28.7 Å². The first-order valence-electron chi connectivity index (χ1n) is 11.9. The summed E-state index contributed by atoms with van der Waals surface area (Å²) in [6.07, 6.45) is -1.03. The van der Waals surface area contributed by atoms with Gasteiger partial charge < -0.3 is 24.8 Å². The van der Waals surface area contributed by atoms with Crippen LogP contribution in [0.3, 0.4) is 0 Å². The van der Waals surface area contributed by atoms with Crippen LogP contribution in [-0.2, 0) is 19.1 Å². The van der Waals surface area contributed by atoms with Gasteiger partial charge in [0.05, 0.1) is 18.5 Å². The molecule has 0 radical (unpaired) electrons. The number of nitrogens with zero attached hydrogens (tertiary/aromatic N) is 1. The summed E-state index contributed by atoms with van der Waals surface area (Å²) >= 11 is 1.64. The average molecular weight is 497 g/mol. The maximum Gasteiger partial charge on any atom is 0.407 e. The van der Waals surface area contributed by atoms with E-state index >= 15 is 0 Å². The fraction of sp³-hybridized carbons (Fsp3) is 0.423. The highest BCUT2D eigenvalue weighted by Crippen LogP contribution is 2.44. The summed E-state index contributed by atoms with van der Waals surface area (Å²) in [4.78, 5) is 38.8. The molecule has 2 fully saturated rings. The predicted octanol–water partition coefficient (Wildman–Crippen LogP) is 3.10. The Morgan fingerprint density at radius 1 is 1.09 bits per heavy atom.